The first-order valence-electron chi connectivity index (χ1n) is 11.3. The number of amides is 1. The summed E-state index contributed by atoms with van der Waals surface area (Å²) in [5.41, 5.74) is 1.92. The fourth-order valence-corrected chi connectivity index (χ4v) is 4.95. The zero-order chi connectivity index (χ0) is 24.3. The molecule has 1 N–H and O–H groups in total. The fraction of sp³-hybridized carbons (Fsp3) is 0.545. The minimum atomic E-state index is -3.46. The number of nitrogens with one attached hydrogen (secondary N) is 1. The Morgan fingerprint density at radius 1 is 1.18 bits per heavy atom. The zero-order valence-electron chi connectivity index (χ0n) is 19.0. The van der Waals surface area contributed by atoms with Crippen molar-refractivity contribution in [2.24, 2.45) is 0 Å². The molecule has 2 aromatic rings. The average Bonchev–Trinajstić information content (AvgIpc) is 3.26. The number of sulfonamides is 1. The largest absolute Gasteiger partial charge is 0.373 e. The van der Waals surface area contributed by atoms with Crippen LogP contribution in [0.4, 0.5) is 20.7 Å². The number of alkyl halides is 1. The lowest BCUT2D eigenvalue weighted by Crippen LogP contribution is -2.43. The molecule has 0 aliphatic carbocycles. The molecule has 34 heavy (non-hydrogen) atoms. The number of piperidine rings is 2. The van der Waals surface area contributed by atoms with Crippen molar-refractivity contribution in [2.75, 3.05) is 42.1 Å². The maximum atomic E-state index is 13.5. The van der Waals surface area contributed by atoms with E-state index in [1.54, 1.807) is 4.90 Å². The number of benzene rings is 1. The van der Waals surface area contributed by atoms with E-state index in [4.69, 9.17) is 16.3 Å². The molecule has 2 aliphatic rings. The standard InChI is InChI=1S/C22H29ClFN5O4S/c1-34(31,32)26-21-8-13-29(25-21)22(30)28-11-6-18(7-12-28)33-15-16-2-3-19(23)20(14-16)27-9-4-17(24)5-10-27/h2-3,8,13-14,17-18H,4-7,9-12,15H2,1H3,(H,25,26). The van der Waals surface area contributed by atoms with Crippen molar-refractivity contribution in [3.63, 3.8) is 0 Å². The molecule has 1 aromatic carbocycles. The van der Waals surface area contributed by atoms with Crippen LogP contribution in [0, 0.1) is 0 Å². The Bertz CT molecular complexity index is 1110. The van der Waals surface area contributed by atoms with Crippen LogP contribution >= 0.6 is 11.6 Å². The van der Waals surface area contributed by atoms with E-state index in [0.29, 0.717) is 63.5 Å². The fourth-order valence-electron chi connectivity index (χ4n) is 4.23. The Kier molecular flexibility index (Phi) is 7.63. The predicted octanol–water partition coefficient (Wildman–Crippen LogP) is 3.50. The van der Waals surface area contributed by atoms with Crippen molar-refractivity contribution >= 4 is 39.2 Å². The van der Waals surface area contributed by atoms with E-state index in [9.17, 15) is 17.6 Å². The third-order valence-electron chi connectivity index (χ3n) is 6.05. The zero-order valence-corrected chi connectivity index (χ0v) is 20.6. The van der Waals surface area contributed by atoms with Gasteiger partial charge in [-0.1, -0.05) is 17.7 Å². The summed E-state index contributed by atoms with van der Waals surface area (Å²) in [6.07, 6.45) is 4.15. The summed E-state index contributed by atoms with van der Waals surface area (Å²) in [4.78, 5) is 16.5. The second-order valence-electron chi connectivity index (χ2n) is 8.75. The van der Waals surface area contributed by atoms with Crippen molar-refractivity contribution in [2.45, 2.75) is 44.6 Å². The number of nitrogens with zero attached hydrogens (tertiary/aromatic N) is 4. The highest BCUT2D eigenvalue weighted by Crippen LogP contribution is 2.30. The first-order chi connectivity index (χ1) is 16.2. The van der Waals surface area contributed by atoms with Crippen LogP contribution < -0.4 is 9.62 Å². The van der Waals surface area contributed by atoms with Gasteiger partial charge in [0, 0.05) is 38.4 Å². The molecule has 12 heteroatoms. The first kappa shape index (κ1) is 24.7. The quantitative estimate of drug-likeness (QED) is 0.635. The Morgan fingerprint density at radius 2 is 1.88 bits per heavy atom. The van der Waals surface area contributed by atoms with E-state index >= 15 is 0 Å². The molecule has 1 amide bonds. The van der Waals surface area contributed by atoms with Crippen LogP contribution in [0.3, 0.4) is 0 Å². The van der Waals surface area contributed by atoms with Gasteiger partial charge in [0.1, 0.15) is 6.17 Å². The van der Waals surface area contributed by atoms with Crippen LogP contribution in [0.25, 0.3) is 0 Å². The van der Waals surface area contributed by atoms with Gasteiger partial charge < -0.3 is 14.5 Å². The molecular formula is C22H29ClFN5O4S. The molecule has 0 spiro atoms. The van der Waals surface area contributed by atoms with E-state index in [-0.39, 0.29) is 18.0 Å². The number of halogens is 2. The van der Waals surface area contributed by atoms with E-state index in [1.165, 1.54) is 12.3 Å². The monoisotopic (exact) mass is 513 g/mol. The predicted molar refractivity (Wildman–Crippen MR) is 129 cm³/mol. The Labute approximate surface area is 203 Å². The van der Waals surface area contributed by atoms with E-state index in [0.717, 1.165) is 22.2 Å². The molecular weight excluding hydrogens is 485 g/mol. The maximum Gasteiger partial charge on any atom is 0.344 e. The Balaban J connectivity index is 1.27. The Hall–Kier alpha value is -2.37. The molecule has 2 aliphatic heterocycles. The summed E-state index contributed by atoms with van der Waals surface area (Å²) in [6, 6.07) is 6.94. The van der Waals surface area contributed by atoms with Gasteiger partial charge in [-0.3, -0.25) is 4.72 Å². The van der Waals surface area contributed by atoms with Crippen LogP contribution in [-0.2, 0) is 21.4 Å². The molecule has 3 heterocycles. The minimum absolute atomic E-state index is 0.0190. The van der Waals surface area contributed by atoms with Gasteiger partial charge in [-0.25, -0.2) is 17.6 Å². The first-order valence-corrected chi connectivity index (χ1v) is 13.6. The third-order valence-corrected chi connectivity index (χ3v) is 6.95. The van der Waals surface area contributed by atoms with Crippen molar-refractivity contribution in [3.05, 3.63) is 41.0 Å². The lowest BCUT2D eigenvalue weighted by Gasteiger charge is -2.32. The average molecular weight is 514 g/mol. The van der Waals surface area contributed by atoms with Gasteiger partial charge in [-0.15, -0.1) is 5.10 Å². The highest BCUT2D eigenvalue weighted by molar-refractivity contribution is 7.92. The Morgan fingerprint density at radius 3 is 2.56 bits per heavy atom. The van der Waals surface area contributed by atoms with E-state index in [1.807, 2.05) is 18.2 Å². The highest BCUT2D eigenvalue weighted by Gasteiger charge is 2.25. The second kappa shape index (κ2) is 10.5. The molecule has 0 unspecified atom stereocenters. The summed E-state index contributed by atoms with van der Waals surface area (Å²) in [7, 11) is -3.46. The molecule has 1 aromatic heterocycles. The summed E-state index contributed by atoms with van der Waals surface area (Å²) < 4.78 is 45.6. The van der Waals surface area contributed by atoms with E-state index in [2.05, 4.69) is 14.7 Å². The smallest absolute Gasteiger partial charge is 0.344 e. The number of hydrogen-bond donors (Lipinski definition) is 1. The number of carbonyl (C=O) groups excluding carboxylic acids is 1. The van der Waals surface area contributed by atoms with Crippen LogP contribution in [0.1, 0.15) is 31.2 Å². The van der Waals surface area contributed by atoms with Crippen molar-refractivity contribution in [1.82, 2.24) is 14.7 Å². The van der Waals surface area contributed by atoms with Gasteiger partial charge in [0.2, 0.25) is 10.0 Å². The molecule has 2 fully saturated rings. The lowest BCUT2D eigenvalue weighted by molar-refractivity contribution is 0.00437. The van der Waals surface area contributed by atoms with Crippen molar-refractivity contribution in [1.29, 1.82) is 0 Å². The number of aromatic nitrogens is 2. The van der Waals surface area contributed by atoms with Gasteiger partial charge in [0.05, 0.1) is 29.7 Å². The van der Waals surface area contributed by atoms with Crippen molar-refractivity contribution in [3.8, 4) is 0 Å². The molecule has 186 valence electrons. The van der Waals surface area contributed by atoms with E-state index < -0.39 is 16.2 Å². The topological polar surface area (TPSA) is 96.8 Å². The second-order valence-corrected chi connectivity index (χ2v) is 10.9. The SMILES string of the molecule is CS(=O)(=O)Nc1ccn(C(=O)N2CCC(OCc3ccc(Cl)c(N4CCC(F)CC4)c3)CC2)n1. The summed E-state index contributed by atoms with van der Waals surface area (Å²) in [5, 5.41) is 4.65. The van der Waals surface area contributed by atoms with Gasteiger partial charge in [0.25, 0.3) is 0 Å². The summed E-state index contributed by atoms with van der Waals surface area (Å²) in [6.45, 7) is 2.77. The van der Waals surface area contributed by atoms with Gasteiger partial charge in [-0.05, 0) is 43.4 Å². The van der Waals surface area contributed by atoms with Gasteiger partial charge in [0.15, 0.2) is 5.82 Å². The molecule has 0 bridgehead atoms. The number of ether oxygens (including phenoxy) is 1. The molecule has 4 rings (SSSR count). The number of hydrogen-bond acceptors (Lipinski definition) is 6. The lowest BCUT2D eigenvalue weighted by atomic mass is 10.1. The van der Waals surface area contributed by atoms with Gasteiger partial charge >= 0.3 is 6.03 Å². The summed E-state index contributed by atoms with van der Waals surface area (Å²) in [5.74, 6) is 0.102. The van der Waals surface area contributed by atoms with Gasteiger partial charge in [-0.2, -0.15) is 4.68 Å². The third kappa shape index (κ3) is 6.39. The normalized spacial score (nSPS) is 18.3. The summed E-state index contributed by atoms with van der Waals surface area (Å²) >= 11 is 6.39. The van der Waals surface area contributed by atoms with Crippen LogP contribution in [0.5, 0.6) is 0 Å². The van der Waals surface area contributed by atoms with Crippen LogP contribution in [-0.4, -0.2) is 73.8 Å². The van der Waals surface area contributed by atoms with Crippen molar-refractivity contribution < 1.29 is 22.3 Å². The van der Waals surface area contributed by atoms with Crippen LogP contribution in [0.15, 0.2) is 30.5 Å². The maximum absolute atomic E-state index is 13.5. The molecule has 0 saturated carbocycles. The number of anilines is 2. The molecule has 0 radical (unpaired) electrons. The molecule has 2 saturated heterocycles. The minimum Gasteiger partial charge on any atom is -0.373 e. The molecule has 9 nitrogen and oxygen atoms in total. The number of carbonyl (C=O) groups is 1. The van der Waals surface area contributed by atoms with Crippen LogP contribution in [0.2, 0.25) is 5.02 Å². The highest BCUT2D eigenvalue weighted by atomic mass is 35.5. The number of likely N-dealkylation sites (tertiary alicyclic amines) is 1. The molecule has 0 atom stereocenters. The number of rotatable bonds is 6.